The minimum Gasteiger partial charge on any atom is -0.305 e. The third-order valence-corrected chi connectivity index (χ3v) is 3.97. The molecule has 0 radical (unpaired) electrons. The van der Waals surface area contributed by atoms with Gasteiger partial charge in [-0.2, -0.15) is 8.78 Å². The van der Waals surface area contributed by atoms with Gasteiger partial charge in [0.2, 0.25) is 0 Å². The number of H-pyrrole nitrogens is 1. The van der Waals surface area contributed by atoms with E-state index in [1.165, 1.54) is 11.3 Å². The van der Waals surface area contributed by atoms with E-state index < -0.39 is 28.7 Å². The topological polar surface area (TPSA) is 45.8 Å². The molecule has 3 nitrogen and oxygen atoms in total. The van der Waals surface area contributed by atoms with Gasteiger partial charge in [-0.05, 0) is 37.3 Å². The third kappa shape index (κ3) is 2.33. The molecular weight excluding hydrogens is 301 g/mol. The molecule has 108 valence electrons. The van der Waals surface area contributed by atoms with E-state index in [1.54, 1.807) is 13.0 Å². The summed E-state index contributed by atoms with van der Waals surface area (Å²) >= 11 is 1.17. The van der Waals surface area contributed by atoms with Crippen LogP contribution in [0.25, 0.3) is 10.2 Å². The predicted molar refractivity (Wildman–Crippen MR) is 74.4 cm³/mol. The van der Waals surface area contributed by atoms with E-state index in [4.69, 9.17) is 0 Å². The molecule has 1 N–H and O–H groups in total. The van der Waals surface area contributed by atoms with Crippen LogP contribution in [0.5, 0.6) is 0 Å². The normalized spacial score (nSPS) is 12.0. The second-order valence-electron chi connectivity index (χ2n) is 4.57. The minimum atomic E-state index is -3.50. The Kier molecular flexibility index (Phi) is 3.09. The Morgan fingerprint density at radius 2 is 1.90 bits per heavy atom. The number of benzene rings is 1. The fraction of sp³-hybridized carbons (Fsp3) is 0.143. The molecule has 3 rings (SSSR count). The van der Waals surface area contributed by atoms with Crippen molar-refractivity contribution in [2.75, 3.05) is 0 Å². The lowest BCUT2D eigenvalue weighted by atomic mass is 10.1. The first-order chi connectivity index (χ1) is 9.88. The van der Waals surface area contributed by atoms with Crippen molar-refractivity contribution < 1.29 is 13.2 Å². The highest BCUT2D eigenvalue weighted by Crippen LogP contribution is 2.34. The van der Waals surface area contributed by atoms with Gasteiger partial charge in [-0.25, -0.2) is 9.37 Å². The molecule has 0 atom stereocenters. The average molecular weight is 310 g/mol. The van der Waals surface area contributed by atoms with E-state index in [0.29, 0.717) is 0 Å². The number of halogens is 3. The van der Waals surface area contributed by atoms with Crippen LogP contribution in [-0.2, 0) is 5.92 Å². The maximum atomic E-state index is 14.4. The Bertz CT molecular complexity index is 868. The molecule has 7 heteroatoms. The van der Waals surface area contributed by atoms with Gasteiger partial charge in [-0.3, -0.25) is 4.79 Å². The van der Waals surface area contributed by atoms with Gasteiger partial charge in [-0.15, -0.1) is 11.3 Å². The largest absolute Gasteiger partial charge is 0.330 e. The summed E-state index contributed by atoms with van der Waals surface area (Å²) in [6.45, 7) is 1.77. The monoisotopic (exact) mass is 310 g/mol. The first kappa shape index (κ1) is 13.8. The van der Waals surface area contributed by atoms with Crippen LogP contribution in [0, 0.1) is 12.7 Å². The molecule has 0 saturated heterocycles. The molecule has 21 heavy (non-hydrogen) atoms. The van der Waals surface area contributed by atoms with Gasteiger partial charge in [0, 0.05) is 10.4 Å². The van der Waals surface area contributed by atoms with Gasteiger partial charge < -0.3 is 4.98 Å². The summed E-state index contributed by atoms with van der Waals surface area (Å²) in [4.78, 5) is 18.9. The molecule has 1 aromatic carbocycles. The highest BCUT2D eigenvalue weighted by atomic mass is 32.1. The van der Waals surface area contributed by atoms with Crippen LogP contribution in [0.1, 0.15) is 16.3 Å². The van der Waals surface area contributed by atoms with Gasteiger partial charge >= 0.3 is 5.92 Å². The number of nitrogens with zero attached hydrogens (tertiary/aromatic N) is 1. The molecule has 0 unspecified atom stereocenters. The average Bonchev–Trinajstić information content (AvgIpc) is 2.80. The van der Waals surface area contributed by atoms with Crippen molar-refractivity contribution in [1.82, 2.24) is 9.97 Å². The van der Waals surface area contributed by atoms with Crippen LogP contribution in [0.4, 0.5) is 13.2 Å². The summed E-state index contributed by atoms with van der Waals surface area (Å²) in [6, 6.07) is 5.42. The van der Waals surface area contributed by atoms with E-state index in [1.807, 2.05) is 0 Å². The van der Waals surface area contributed by atoms with Crippen LogP contribution in [-0.4, -0.2) is 9.97 Å². The van der Waals surface area contributed by atoms with Crippen LogP contribution in [0.3, 0.4) is 0 Å². The zero-order chi connectivity index (χ0) is 15.2. The highest BCUT2D eigenvalue weighted by molar-refractivity contribution is 7.18. The van der Waals surface area contributed by atoms with Gasteiger partial charge in [-0.1, -0.05) is 0 Å². The molecule has 0 fully saturated rings. The lowest BCUT2D eigenvalue weighted by Crippen LogP contribution is -2.23. The van der Waals surface area contributed by atoms with Crippen LogP contribution < -0.4 is 5.56 Å². The van der Waals surface area contributed by atoms with Crippen molar-refractivity contribution in [2.24, 2.45) is 0 Å². The number of fused-ring (bicyclic) bond motifs is 1. The Morgan fingerprint density at radius 3 is 2.57 bits per heavy atom. The number of rotatable bonds is 2. The summed E-state index contributed by atoms with van der Waals surface area (Å²) in [6.07, 6.45) is 0. The van der Waals surface area contributed by atoms with E-state index in [0.717, 1.165) is 29.1 Å². The number of aromatic nitrogens is 2. The zero-order valence-electron chi connectivity index (χ0n) is 10.8. The number of thiophene rings is 1. The molecule has 0 saturated carbocycles. The molecule has 0 amide bonds. The van der Waals surface area contributed by atoms with Crippen molar-refractivity contribution in [3.63, 3.8) is 0 Å². The Labute approximate surface area is 121 Å². The number of aryl methyl sites for hydroxylation is 1. The third-order valence-electron chi connectivity index (χ3n) is 3.03. The molecule has 0 aliphatic rings. The summed E-state index contributed by atoms with van der Waals surface area (Å²) in [5, 5.41) is 0.288. The second kappa shape index (κ2) is 4.70. The van der Waals surface area contributed by atoms with E-state index >= 15 is 0 Å². The molecule has 0 spiro atoms. The first-order valence-electron chi connectivity index (χ1n) is 6.03. The molecule has 2 aromatic heterocycles. The molecule has 2 heterocycles. The van der Waals surface area contributed by atoms with Gasteiger partial charge in [0.05, 0.1) is 5.39 Å². The van der Waals surface area contributed by atoms with Crippen LogP contribution >= 0.6 is 11.3 Å². The predicted octanol–water partition coefficient (Wildman–Crippen LogP) is 3.57. The highest BCUT2D eigenvalue weighted by Gasteiger charge is 2.37. The smallest absolute Gasteiger partial charge is 0.305 e. The summed E-state index contributed by atoms with van der Waals surface area (Å²) in [7, 11) is 0. The molecule has 0 aliphatic carbocycles. The Hall–Kier alpha value is -2.15. The number of aromatic amines is 1. The fourth-order valence-corrected chi connectivity index (χ4v) is 2.88. The summed E-state index contributed by atoms with van der Waals surface area (Å²) < 4.78 is 41.6. The molecule has 0 aliphatic heterocycles. The molecule has 0 bridgehead atoms. The minimum absolute atomic E-state index is 0.257. The van der Waals surface area contributed by atoms with Gasteiger partial charge in [0.25, 0.3) is 5.56 Å². The zero-order valence-corrected chi connectivity index (χ0v) is 11.6. The van der Waals surface area contributed by atoms with Gasteiger partial charge in [0.15, 0.2) is 5.82 Å². The van der Waals surface area contributed by atoms with Crippen LogP contribution in [0.15, 0.2) is 35.1 Å². The Morgan fingerprint density at radius 1 is 1.24 bits per heavy atom. The Balaban J connectivity index is 2.18. The maximum absolute atomic E-state index is 14.4. The second-order valence-corrected chi connectivity index (χ2v) is 5.81. The van der Waals surface area contributed by atoms with E-state index in [-0.39, 0.29) is 10.2 Å². The quantitative estimate of drug-likeness (QED) is 0.786. The van der Waals surface area contributed by atoms with Gasteiger partial charge in [0.1, 0.15) is 10.6 Å². The van der Waals surface area contributed by atoms with E-state index in [9.17, 15) is 18.0 Å². The number of hydrogen-bond donors (Lipinski definition) is 1. The van der Waals surface area contributed by atoms with Crippen molar-refractivity contribution >= 4 is 21.6 Å². The summed E-state index contributed by atoms with van der Waals surface area (Å²) in [5.74, 6) is -4.85. The maximum Gasteiger partial charge on any atom is 0.330 e. The molecular formula is C14H9F3N2OS. The number of hydrogen-bond acceptors (Lipinski definition) is 3. The lowest BCUT2D eigenvalue weighted by molar-refractivity contribution is 0.0329. The van der Waals surface area contributed by atoms with Crippen molar-refractivity contribution in [3.8, 4) is 0 Å². The standard InChI is InChI=1S/C14H9F3N2OS/c1-7-6-10-11(20)18-13(19-12(10)21-7)14(16,17)8-2-4-9(15)5-3-8/h2-6H,1H3,(H,18,19,20). The van der Waals surface area contributed by atoms with Crippen molar-refractivity contribution in [1.29, 1.82) is 0 Å². The molecule has 3 aromatic rings. The summed E-state index contributed by atoms with van der Waals surface area (Å²) in [5.41, 5.74) is -1.04. The number of nitrogens with one attached hydrogen (secondary N) is 1. The van der Waals surface area contributed by atoms with Crippen molar-refractivity contribution in [2.45, 2.75) is 12.8 Å². The lowest BCUT2D eigenvalue weighted by Gasteiger charge is -2.15. The fourth-order valence-electron chi connectivity index (χ4n) is 2.00. The van der Waals surface area contributed by atoms with E-state index in [2.05, 4.69) is 9.97 Å². The van der Waals surface area contributed by atoms with Crippen LogP contribution in [0.2, 0.25) is 0 Å². The number of alkyl halides is 2. The first-order valence-corrected chi connectivity index (χ1v) is 6.84. The SMILES string of the molecule is Cc1cc2c(=O)[nH]c(C(F)(F)c3ccc(F)cc3)nc2s1. The van der Waals surface area contributed by atoms with Crippen molar-refractivity contribution in [3.05, 3.63) is 62.8 Å².